The van der Waals surface area contributed by atoms with Crippen molar-refractivity contribution in [2.24, 2.45) is 23.7 Å². The Kier molecular flexibility index (Phi) is 2.90. The number of rotatable bonds is 1. The maximum atomic E-state index is 2.41. The lowest BCUT2D eigenvalue weighted by atomic mass is 9.92. The van der Waals surface area contributed by atoms with E-state index in [9.17, 15) is 0 Å². The molecule has 1 saturated carbocycles. The van der Waals surface area contributed by atoms with Crippen LogP contribution in [0, 0.1) is 23.7 Å². The molecule has 5 atom stereocenters. The molecule has 1 fully saturated rings. The highest BCUT2D eigenvalue weighted by atomic mass is 32.2. The predicted octanol–water partition coefficient (Wildman–Crippen LogP) is 3.28. The zero-order valence-corrected chi connectivity index (χ0v) is 9.11. The first-order valence-corrected chi connectivity index (χ1v) is 5.91. The summed E-state index contributed by atoms with van der Waals surface area (Å²) in [5.74, 6) is 3.66. The number of hydrogen-bond donors (Lipinski definition) is 0. The third-order valence-corrected chi connectivity index (χ3v) is 5.20. The second-order valence-electron chi connectivity index (χ2n) is 4.14. The third kappa shape index (κ3) is 1.44. The van der Waals surface area contributed by atoms with E-state index >= 15 is 0 Å². The summed E-state index contributed by atoms with van der Waals surface area (Å²) in [4.78, 5) is 0. The van der Waals surface area contributed by atoms with Gasteiger partial charge in [0.05, 0.1) is 0 Å². The highest BCUT2D eigenvalue weighted by Crippen LogP contribution is 2.45. The molecule has 0 aromatic heterocycles. The molecule has 1 rings (SSSR count). The molecule has 0 bridgehead atoms. The zero-order valence-electron chi connectivity index (χ0n) is 8.29. The maximum absolute atomic E-state index is 2.41. The fraction of sp³-hybridized carbons (Fsp3) is 1.00. The molecule has 0 amide bonds. The van der Waals surface area contributed by atoms with Gasteiger partial charge in [-0.25, -0.2) is 0 Å². The summed E-state index contributed by atoms with van der Waals surface area (Å²) in [6, 6.07) is 0. The van der Waals surface area contributed by atoms with E-state index in [0.29, 0.717) is 0 Å². The normalized spacial score (nSPS) is 51.5. The molecule has 1 heteroatoms. The molecule has 0 aliphatic heterocycles. The van der Waals surface area contributed by atoms with Crippen LogP contribution in [-0.4, -0.2) is 11.5 Å². The Morgan fingerprint density at radius 2 is 1.09 bits per heavy atom. The highest BCUT2D eigenvalue weighted by Gasteiger charge is 2.40. The second kappa shape index (κ2) is 3.38. The lowest BCUT2D eigenvalue weighted by Crippen LogP contribution is -2.14. The SMILES string of the molecule is CSC1[C@H](C)C(C)[C@@H](C)[C@H]1C. The predicted molar refractivity (Wildman–Crippen MR) is 54.0 cm³/mol. The number of thioether (sulfide) groups is 1. The molecule has 2 unspecified atom stereocenters. The molecule has 0 heterocycles. The summed E-state index contributed by atoms with van der Waals surface area (Å²) in [6.07, 6.45) is 2.25. The largest absolute Gasteiger partial charge is 0.161 e. The second-order valence-corrected chi connectivity index (χ2v) is 5.15. The topological polar surface area (TPSA) is 0 Å². The van der Waals surface area contributed by atoms with Crippen molar-refractivity contribution in [2.75, 3.05) is 6.26 Å². The van der Waals surface area contributed by atoms with Crippen LogP contribution >= 0.6 is 11.8 Å². The molecular weight excluding hydrogens is 152 g/mol. The molecule has 0 nitrogen and oxygen atoms in total. The van der Waals surface area contributed by atoms with E-state index in [-0.39, 0.29) is 0 Å². The van der Waals surface area contributed by atoms with Crippen LogP contribution in [0.1, 0.15) is 27.7 Å². The molecule has 0 aromatic rings. The van der Waals surface area contributed by atoms with Crippen molar-refractivity contribution < 1.29 is 0 Å². The molecule has 1 aliphatic rings. The van der Waals surface area contributed by atoms with Crippen molar-refractivity contribution in [3.8, 4) is 0 Å². The summed E-state index contributed by atoms with van der Waals surface area (Å²) >= 11 is 2.06. The van der Waals surface area contributed by atoms with Crippen molar-refractivity contribution in [2.45, 2.75) is 32.9 Å². The van der Waals surface area contributed by atoms with Gasteiger partial charge in [0.1, 0.15) is 0 Å². The third-order valence-electron chi connectivity index (χ3n) is 3.80. The minimum absolute atomic E-state index is 0.903. The molecule has 1 aliphatic carbocycles. The van der Waals surface area contributed by atoms with E-state index in [1.54, 1.807) is 0 Å². The average Bonchev–Trinajstić information content (AvgIpc) is 2.17. The Hall–Kier alpha value is 0.350. The molecule has 11 heavy (non-hydrogen) atoms. The standard InChI is InChI=1S/C10H20S/c1-6-7(2)9(4)10(11-5)8(6)3/h6-10H,1-5H3/t6-,7?,8-,9-,10?/m1/s1. The molecule has 0 aromatic carbocycles. The molecule has 0 saturated heterocycles. The van der Waals surface area contributed by atoms with Crippen LogP contribution in [0.25, 0.3) is 0 Å². The van der Waals surface area contributed by atoms with E-state index < -0.39 is 0 Å². The quantitative estimate of drug-likeness (QED) is 0.585. The van der Waals surface area contributed by atoms with Gasteiger partial charge in [-0.1, -0.05) is 27.7 Å². The average molecular weight is 172 g/mol. The van der Waals surface area contributed by atoms with E-state index in [4.69, 9.17) is 0 Å². The fourth-order valence-corrected chi connectivity index (χ4v) is 3.82. The summed E-state index contributed by atoms with van der Waals surface area (Å²) in [5.41, 5.74) is 0. The van der Waals surface area contributed by atoms with Gasteiger partial charge in [0.25, 0.3) is 0 Å². The van der Waals surface area contributed by atoms with Crippen LogP contribution in [0.15, 0.2) is 0 Å². The van der Waals surface area contributed by atoms with Crippen LogP contribution < -0.4 is 0 Å². The van der Waals surface area contributed by atoms with E-state index in [1.165, 1.54) is 0 Å². The first-order chi connectivity index (χ1) is 5.09. The molecule has 0 radical (unpaired) electrons. The lowest BCUT2D eigenvalue weighted by Gasteiger charge is -2.17. The molecule has 0 spiro atoms. The van der Waals surface area contributed by atoms with Gasteiger partial charge in [-0.2, -0.15) is 11.8 Å². The van der Waals surface area contributed by atoms with E-state index in [2.05, 4.69) is 45.7 Å². The van der Waals surface area contributed by atoms with Crippen LogP contribution in [0.2, 0.25) is 0 Å². The minimum atomic E-state index is 0.903. The first-order valence-electron chi connectivity index (χ1n) is 4.62. The smallest absolute Gasteiger partial charge is 0.0101 e. The summed E-state index contributed by atoms with van der Waals surface area (Å²) in [5, 5.41) is 0.903. The Bertz CT molecular complexity index is 119. The first kappa shape index (κ1) is 9.44. The van der Waals surface area contributed by atoms with Gasteiger partial charge >= 0.3 is 0 Å². The Morgan fingerprint density at radius 1 is 0.727 bits per heavy atom. The zero-order chi connectivity index (χ0) is 8.59. The van der Waals surface area contributed by atoms with Gasteiger partial charge in [0.15, 0.2) is 0 Å². The summed E-state index contributed by atoms with van der Waals surface area (Å²) < 4.78 is 0. The monoisotopic (exact) mass is 172 g/mol. The van der Waals surface area contributed by atoms with Crippen molar-refractivity contribution >= 4 is 11.8 Å². The van der Waals surface area contributed by atoms with Crippen molar-refractivity contribution in [3.63, 3.8) is 0 Å². The van der Waals surface area contributed by atoms with Crippen molar-refractivity contribution in [3.05, 3.63) is 0 Å². The number of hydrogen-bond acceptors (Lipinski definition) is 1. The van der Waals surface area contributed by atoms with Gasteiger partial charge < -0.3 is 0 Å². The van der Waals surface area contributed by atoms with Crippen LogP contribution in [0.3, 0.4) is 0 Å². The van der Waals surface area contributed by atoms with Crippen molar-refractivity contribution in [1.82, 2.24) is 0 Å². The van der Waals surface area contributed by atoms with Crippen LogP contribution in [0.4, 0.5) is 0 Å². The van der Waals surface area contributed by atoms with E-state index in [1.807, 2.05) is 0 Å². The van der Waals surface area contributed by atoms with E-state index in [0.717, 1.165) is 28.9 Å². The van der Waals surface area contributed by atoms with Gasteiger partial charge in [0.2, 0.25) is 0 Å². The van der Waals surface area contributed by atoms with Crippen molar-refractivity contribution in [1.29, 1.82) is 0 Å². The Balaban J connectivity index is 2.69. The molecule has 66 valence electrons. The molecule has 0 N–H and O–H groups in total. The molecular formula is C10H20S. The Labute approximate surface area is 75.1 Å². The summed E-state index contributed by atoms with van der Waals surface area (Å²) in [6.45, 7) is 9.63. The van der Waals surface area contributed by atoms with Gasteiger partial charge in [-0.15, -0.1) is 0 Å². The van der Waals surface area contributed by atoms with Crippen LogP contribution in [0.5, 0.6) is 0 Å². The summed E-state index contributed by atoms with van der Waals surface area (Å²) in [7, 11) is 0. The van der Waals surface area contributed by atoms with Crippen LogP contribution in [-0.2, 0) is 0 Å². The van der Waals surface area contributed by atoms with Gasteiger partial charge in [-0.3, -0.25) is 0 Å². The Morgan fingerprint density at radius 3 is 1.27 bits per heavy atom. The maximum Gasteiger partial charge on any atom is 0.0101 e. The fourth-order valence-electron chi connectivity index (χ4n) is 2.46. The van der Waals surface area contributed by atoms with Gasteiger partial charge in [0, 0.05) is 5.25 Å². The van der Waals surface area contributed by atoms with Gasteiger partial charge in [-0.05, 0) is 29.9 Å². The highest BCUT2D eigenvalue weighted by molar-refractivity contribution is 7.99. The lowest BCUT2D eigenvalue weighted by molar-refractivity contribution is 0.352. The minimum Gasteiger partial charge on any atom is -0.161 e.